The SMILES string of the molecule is CC1CCN(CC(=O)NCCc2ccc(Cl)cc2)CC1. The molecule has 1 aliphatic heterocycles. The maximum atomic E-state index is 11.9. The van der Waals surface area contributed by atoms with Crippen LogP contribution in [0.4, 0.5) is 0 Å². The van der Waals surface area contributed by atoms with E-state index < -0.39 is 0 Å². The van der Waals surface area contributed by atoms with E-state index in [-0.39, 0.29) is 5.91 Å². The van der Waals surface area contributed by atoms with Gasteiger partial charge in [-0.1, -0.05) is 30.7 Å². The lowest BCUT2D eigenvalue weighted by atomic mass is 9.99. The van der Waals surface area contributed by atoms with Gasteiger partial charge in [-0.05, 0) is 56.0 Å². The van der Waals surface area contributed by atoms with E-state index in [1.165, 1.54) is 18.4 Å². The Bertz CT molecular complexity index is 425. The summed E-state index contributed by atoms with van der Waals surface area (Å²) in [5.41, 5.74) is 1.20. The van der Waals surface area contributed by atoms with Crippen LogP contribution < -0.4 is 5.32 Å². The van der Waals surface area contributed by atoms with Gasteiger partial charge in [0.05, 0.1) is 6.54 Å². The van der Waals surface area contributed by atoms with Crippen molar-refractivity contribution in [3.8, 4) is 0 Å². The molecule has 0 spiro atoms. The van der Waals surface area contributed by atoms with Crippen molar-refractivity contribution in [1.82, 2.24) is 10.2 Å². The smallest absolute Gasteiger partial charge is 0.234 e. The van der Waals surface area contributed by atoms with Crippen molar-refractivity contribution in [2.75, 3.05) is 26.2 Å². The number of benzene rings is 1. The lowest BCUT2D eigenvalue weighted by Gasteiger charge is -2.29. The van der Waals surface area contributed by atoms with Gasteiger partial charge in [-0.25, -0.2) is 0 Å². The maximum absolute atomic E-state index is 11.9. The standard InChI is InChI=1S/C16H23ClN2O/c1-13-7-10-19(11-8-13)12-16(20)18-9-6-14-2-4-15(17)5-3-14/h2-5,13H,6-12H2,1H3,(H,18,20). The fourth-order valence-corrected chi connectivity index (χ4v) is 2.60. The molecule has 0 saturated carbocycles. The first-order valence-electron chi connectivity index (χ1n) is 7.37. The summed E-state index contributed by atoms with van der Waals surface area (Å²) in [4.78, 5) is 14.1. The highest BCUT2D eigenvalue weighted by atomic mass is 35.5. The molecule has 0 aromatic heterocycles. The molecule has 0 bridgehead atoms. The molecular weight excluding hydrogens is 272 g/mol. The molecular formula is C16H23ClN2O. The molecule has 1 heterocycles. The molecule has 0 unspecified atom stereocenters. The van der Waals surface area contributed by atoms with Crippen LogP contribution in [0.25, 0.3) is 0 Å². The number of nitrogens with one attached hydrogen (secondary N) is 1. The minimum absolute atomic E-state index is 0.133. The molecule has 3 nitrogen and oxygen atoms in total. The van der Waals surface area contributed by atoms with Crippen LogP contribution >= 0.6 is 11.6 Å². The number of nitrogens with zero attached hydrogens (tertiary/aromatic N) is 1. The van der Waals surface area contributed by atoms with Gasteiger partial charge in [0.2, 0.25) is 5.91 Å². The summed E-state index contributed by atoms with van der Waals surface area (Å²) < 4.78 is 0. The zero-order valence-corrected chi connectivity index (χ0v) is 12.8. The minimum atomic E-state index is 0.133. The number of hydrogen-bond acceptors (Lipinski definition) is 2. The largest absolute Gasteiger partial charge is 0.355 e. The van der Waals surface area contributed by atoms with Crippen molar-refractivity contribution in [2.45, 2.75) is 26.2 Å². The molecule has 1 N–H and O–H groups in total. The van der Waals surface area contributed by atoms with Crippen LogP contribution in [0.5, 0.6) is 0 Å². The molecule has 1 saturated heterocycles. The van der Waals surface area contributed by atoms with Crippen LogP contribution in [0.3, 0.4) is 0 Å². The van der Waals surface area contributed by atoms with Gasteiger partial charge in [-0.15, -0.1) is 0 Å². The summed E-state index contributed by atoms with van der Waals surface area (Å²) >= 11 is 5.84. The zero-order valence-electron chi connectivity index (χ0n) is 12.1. The van der Waals surface area contributed by atoms with Gasteiger partial charge >= 0.3 is 0 Å². The number of halogens is 1. The second-order valence-corrected chi connectivity index (χ2v) is 6.12. The second kappa shape index (κ2) is 7.65. The number of hydrogen-bond donors (Lipinski definition) is 1. The number of amides is 1. The number of carbonyl (C=O) groups is 1. The molecule has 0 atom stereocenters. The summed E-state index contributed by atoms with van der Waals surface area (Å²) in [5, 5.41) is 3.74. The van der Waals surface area contributed by atoms with Crippen molar-refractivity contribution < 1.29 is 4.79 Å². The van der Waals surface area contributed by atoms with Crippen LogP contribution in [-0.4, -0.2) is 37.0 Å². The van der Waals surface area contributed by atoms with Gasteiger partial charge < -0.3 is 5.32 Å². The van der Waals surface area contributed by atoms with E-state index in [1.807, 2.05) is 24.3 Å². The Morgan fingerprint density at radius 1 is 1.30 bits per heavy atom. The predicted molar refractivity (Wildman–Crippen MR) is 83.0 cm³/mol. The van der Waals surface area contributed by atoms with Crippen molar-refractivity contribution in [1.29, 1.82) is 0 Å². The van der Waals surface area contributed by atoms with Crippen molar-refractivity contribution in [3.63, 3.8) is 0 Å². The third-order valence-electron chi connectivity index (χ3n) is 3.89. The van der Waals surface area contributed by atoms with Gasteiger partial charge in [0.25, 0.3) is 0 Å². The van der Waals surface area contributed by atoms with Gasteiger partial charge in [0.1, 0.15) is 0 Å². The number of piperidine rings is 1. The molecule has 1 fully saturated rings. The number of rotatable bonds is 5. The highest BCUT2D eigenvalue weighted by molar-refractivity contribution is 6.30. The average molecular weight is 295 g/mol. The van der Waals surface area contributed by atoms with Crippen LogP contribution in [0, 0.1) is 5.92 Å². The van der Waals surface area contributed by atoms with E-state index in [0.717, 1.165) is 30.5 Å². The molecule has 1 aliphatic rings. The Kier molecular flexibility index (Phi) is 5.86. The maximum Gasteiger partial charge on any atom is 0.234 e. The Balaban J connectivity index is 1.64. The number of carbonyl (C=O) groups excluding carboxylic acids is 1. The number of likely N-dealkylation sites (tertiary alicyclic amines) is 1. The third kappa shape index (κ3) is 5.14. The van der Waals surface area contributed by atoms with Gasteiger partial charge in [0.15, 0.2) is 0 Å². The first kappa shape index (κ1) is 15.3. The lowest BCUT2D eigenvalue weighted by Crippen LogP contribution is -2.41. The second-order valence-electron chi connectivity index (χ2n) is 5.69. The van der Waals surface area contributed by atoms with E-state index in [1.54, 1.807) is 0 Å². The topological polar surface area (TPSA) is 32.3 Å². The van der Waals surface area contributed by atoms with E-state index in [2.05, 4.69) is 17.1 Å². The van der Waals surface area contributed by atoms with E-state index in [9.17, 15) is 4.79 Å². The van der Waals surface area contributed by atoms with Crippen LogP contribution in [0.15, 0.2) is 24.3 Å². The predicted octanol–water partition coefficient (Wildman–Crippen LogP) is 2.73. The molecule has 2 rings (SSSR count). The minimum Gasteiger partial charge on any atom is -0.355 e. The molecule has 0 aliphatic carbocycles. The molecule has 1 aromatic rings. The zero-order chi connectivity index (χ0) is 14.4. The van der Waals surface area contributed by atoms with Crippen LogP contribution in [0.1, 0.15) is 25.3 Å². The summed E-state index contributed by atoms with van der Waals surface area (Å²) in [5.74, 6) is 0.938. The molecule has 1 amide bonds. The molecule has 1 aromatic carbocycles. The first-order chi connectivity index (χ1) is 9.63. The van der Waals surface area contributed by atoms with Crippen LogP contribution in [-0.2, 0) is 11.2 Å². The molecule has 4 heteroatoms. The summed E-state index contributed by atoms with van der Waals surface area (Å²) in [6, 6.07) is 7.77. The summed E-state index contributed by atoms with van der Waals surface area (Å²) in [7, 11) is 0. The van der Waals surface area contributed by atoms with Crippen molar-refractivity contribution in [3.05, 3.63) is 34.9 Å². The highest BCUT2D eigenvalue weighted by Crippen LogP contribution is 2.15. The molecule has 20 heavy (non-hydrogen) atoms. The van der Waals surface area contributed by atoms with E-state index in [4.69, 9.17) is 11.6 Å². The van der Waals surface area contributed by atoms with Gasteiger partial charge in [0, 0.05) is 11.6 Å². The third-order valence-corrected chi connectivity index (χ3v) is 4.14. The van der Waals surface area contributed by atoms with Crippen LogP contribution in [0.2, 0.25) is 5.02 Å². The normalized spacial score (nSPS) is 17.1. The Labute approximate surface area is 126 Å². The van der Waals surface area contributed by atoms with Gasteiger partial charge in [-0.2, -0.15) is 0 Å². The first-order valence-corrected chi connectivity index (χ1v) is 7.75. The fraction of sp³-hybridized carbons (Fsp3) is 0.562. The van der Waals surface area contributed by atoms with E-state index >= 15 is 0 Å². The molecule has 110 valence electrons. The summed E-state index contributed by atoms with van der Waals surface area (Å²) in [6.07, 6.45) is 3.26. The van der Waals surface area contributed by atoms with Crippen molar-refractivity contribution in [2.24, 2.45) is 5.92 Å². The Morgan fingerprint density at radius 3 is 2.60 bits per heavy atom. The Hall–Kier alpha value is -1.06. The average Bonchev–Trinajstić information content (AvgIpc) is 2.44. The van der Waals surface area contributed by atoms with Gasteiger partial charge in [-0.3, -0.25) is 9.69 Å². The highest BCUT2D eigenvalue weighted by Gasteiger charge is 2.17. The lowest BCUT2D eigenvalue weighted by molar-refractivity contribution is -0.122. The molecule has 0 radical (unpaired) electrons. The fourth-order valence-electron chi connectivity index (χ4n) is 2.48. The van der Waals surface area contributed by atoms with E-state index in [0.29, 0.717) is 13.1 Å². The Morgan fingerprint density at radius 2 is 1.95 bits per heavy atom. The monoisotopic (exact) mass is 294 g/mol. The quantitative estimate of drug-likeness (QED) is 0.906. The van der Waals surface area contributed by atoms with Crippen molar-refractivity contribution >= 4 is 17.5 Å². The summed E-state index contributed by atoms with van der Waals surface area (Å²) in [6.45, 7) is 5.60.